The number of nitrogens with two attached hydrogens (primary N) is 1. The first-order valence-corrected chi connectivity index (χ1v) is 6.84. The molecule has 1 aromatic rings. The van der Waals surface area contributed by atoms with Crippen LogP contribution in [-0.4, -0.2) is 31.3 Å². The number of aryl methyl sites for hydroxylation is 1. The van der Waals surface area contributed by atoms with Crippen molar-refractivity contribution in [2.45, 2.75) is 31.2 Å². The minimum absolute atomic E-state index is 0.0639. The van der Waals surface area contributed by atoms with Crippen molar-refractivity contribution in [2.75, 3.05) is 13.1 Å². The highest BCUT2D eigenvalue weighted by Gasteiger charge is 2.09. The Morgan fingerprint density at radius 1 is 1.50 bits per heavy atom. The lowest BCUT2D eigenvalue weighted by Crippen LogP contribution is -2.17. The molecule has 0 aliphatic heterocycles. The second kappa shape index (κ2) is 5.97. The highest BCUT2D eigenvalue weighted by Crippen LogP contribution is 2.03. The Labute approximate surface area is 95.9 Å². The van der Waals surface area contributed by atoms with Gasteiger partial charge in [-0.2, -0.15) is 5.10 Å². The Morgan fingerprint density at radius 2 is 2.25 bits per heavy atom. The Kier molecular flexibility index (Phi) is 4.91. The van der Waals surface area contributed by atoms with Crippen LogP contribution in [0.25, 0.3) is 0 Å². The number of nitrogens with one attached hydrogen (secondary N) is 1. The van der Waals surface area contributed by atoms with Gasteiger partial charge in [0.25, 0.3) is 0 Å². The lowest BCUT2D eigenvalue weighted by Gasteiger charge is -2.02. The zero-order valence-corrected chi connectivity index (χ0v) is 10.2. The van der Waals surface area contributed by atoms with Gasteiger partial charge < -0.3 is 5.32 Å². The third kappa shape index (κ3) is 4.30. The molecule has 0 spiro atoms. The molecule has 0 aliphatic rings. The fourth-order valence-corrected chi connectivity index (χ4v) is 1.74. The standard InChI is InChI=1S/C9H18N4O2S/c1-2-4-11-5-3-6-13-8-9(7-12-13)16(10,14)15/h7-8,11H,2-6H2,1H3,(H2,10,14,15). The summed E-state index contributed by atoms with van der Waals surface area (Å²) >= 11 is 0. The minimum atomic E-state index is -3.62. The van der Waals surface area contributed by atoms with Crippen molar-refractivity contribution in [3.05, 3.63) is 12.4 Å². The third-order valence-corrected chi connectivity index (χ3v) is 2.97. The van der Waals surface area contributed by atoms with E-state index in [0.717, 1.165) is 25.9 Å². The molecule has 1 heterocycles. The molecule has 0 bridgehead atoms. The maximum absolute atomic E-state index is 11.0. The third-order valence-electron chi connectivity index (χ3n) is 2.11. The van der Waals surface area contributed by atoms with Gasteiger partial charge in [-0.1, -0.05) is 6.92 Å². The second-order valence-corrected chi connectivity index (χ2v) is 5.15. The highest BCUT2D eigenvalue weighted by atomic mass is 32.2. The van der Waals surface area contributed by atoms with Crippen LogP contribution in [0.5, 0.6) is 0 Å². The molecule has 0 saturated carbocycles. The van der Waals surface area contributed by atoms with E-state index < -0.39 is 10.0 Å². The molecule has 0 atom stereocenters. The van der Waals surface area contributed by atoms with Crippen molar-refractivity contribution >= 4 is 10.0 Å². The van der Waals surface area contributed by atoms with E-state index in [1.54, 1.807) is 4.68 Å². The summed E-state index contributed by atoms with van der Waals surface area (Å²) in [7, 11) is -3.62. The van der Waals surface area contributed by atoms with Gasteiger partial charge in [0.05, 0.1) is 6.20 Å². The quantitative estimate of drug-likeness (QED) is 0.658. The van der Waals surface area contributed by atoms with Gasteiger partial charge in [-0.3, -0.25) is 4.68 Å². The number of nitrogens with zero attached hydrogens (tertiary/aromatic N) is 2. The van der Waals surface area contributed by atoms with E-state index in [4.69, 9.17) is 5.14 Å². The molecule has 1 rings (SSSR count). The average Bonchev–Trinajstić information content (AvgIpc) is 2.65. The monoisotopic (exact) mass is 246 g/mol. The van der Waals surface area contributed by atoms with E-state index in [-0.39, 0.29) is 4.90 Å². The van der Waals surface area contributed by atoms with Gasteiger partial charge in [-0.15, -0.1) is 0 Å². The molecule has 1 aromatic heterocycles. The SMILES string of the molecule is CCCNCCCn1cc(S(N)(=O)=O)cn1. The summed E-state index contributed by atoms with van der Waals surface area (Å²) in [5.74, 6) is 0. The highest BCUT2D eigenvalue weighted by molar-refractivity contribution is 7.89. The van der Waals surface area contributed by atoms with Gasteiger partial charge in [-0.25, -0.2) is 13.6 Å². The smallest absolute Gasteiger partial charge is 0.241 e. The van der Waals surface area contributed by atoms with Crippen molar-refractivity contribution in [2.24, 2.45) is 5.14 Å². The van der Waals surface area contributed by atoms with E-state index in [1.165, 1.54) is 12.4 Å². The van der Waals surface area contributed by atoms with Gasteiger partial charge in [0.15, 0.2) is 0 Å². The summed E-state index contributed by atoms with van der Waals surface area (Å²) in [5.41, 5.74) is 0. The molecular formula is C9H18N4O2S. The van der Waals surface area contributed by atoms with Gasteiger partial charge in [0.2, 0.25) is 10.0 Å². The van der Waals surface area contributed by atoms with E-state index in [2.05, 4.69) is 17.3 Å². The van der Waals surface area contributed by atoms with Crippen LogP contribution in [0.4, 0.5) is 0 Å². The van der Waals surface area contributed by atoms with Gasteiger partial charge >= 0.3 is 0 Å². The fraction of sp³-hybridized carbons (Fsp3) is 0.667. The molecule has 3 N–H and O–H groups in total. The van der Waals surface area contributed by atoms with Crippen LogP contribution in [0.2, 0.25) is 0 Å². The molecule has 0 amide bonds. The minimum Gasteiger partial charge on any atom is -0.317 e. The fourth-order valence-electron chi connectivity index (χ4n) is 1.28. The molecule has 0 aromatic carbocycles. The second-order valence-electron chi connectivity index (χ2n) is 3.59. The summed E-state index contributed by atoms with van der Waals surface area (Å²) in [6.45, 7) is 4.70. The Hall–Kier alpha value is -0.920. The van der Waals surface area contributed by atoms with Crippen LogP contribution in [0.3, 0.4) is 0 Å². The largest absolute Gasteiger partial charge is 0.317 e. The van der Waals surface area contributed by atoms with Crippen molar-refractivity contribution in [3.63, 3.8) is 0 Å². The van der Waals surface area contributed by atoms with Gasteiger partial charge in [0.1, 0.15) is 4.90 Å². The van der Waals surface area contributed by atoms with Crippen molar-refractivity contribution in [1.82, 2.24) is 15.1 Å². The molecule has 0 radical (unpaired) electrons. The van der Waals surface area contributed by atoms with Gasteiger partial charge in [-0.05, 0) is 25.9 Å². The van der Waals surface area contributed by atoms with Crippen LogP contribution in [0.15, 0.2) is 17.3 Å². The van der Waals surface area contributed by atoms with Crippen molar-refractivity contribution in [3.8, 4) is 0 Å². The number of aromatic nitrogens is 2. The molecule has 0 unspecified atom stereocenters. The Morgan fingerprint density at radius 3 is 2.81 bits per heavy atom. The maximum Gasteiger partial charge on any atom is 0.241 e. The summed E-state index contributed by atoms with van der Waals surface area (Å²) in [4.78, 5) is 0.0639. The first-order chi connectivity index (χ1) is 7.54. The van der Waals surface area contributed by atoms with E-state index in [9.17, 15) is 8.42 Å². The van der Waals surface area contributed by atoms with Crippen LogP contribution >= 0.6 is 0 Å². The summed E-state index contributed by atoms with van der Waals surface area (Å²) < 4.78 is 23.5. The van der Waals surface area contributed by atoms with E-state index >= 15 is 0 Å². The normalized spacial score (nSPS) is 11.9. The predicted octanol–water partition coefficient (Wildman–Crippen LogP) is -0.0798. The van der Waals surface area contributed by atoms with Crippen molar-refractivity contribution < 1.29 is 8.42 Å². The molecule has 0 saturated heterocycles. The number of hydrogen-bond acceptors (Lipinski definition) is 4. The molecule has 92 valence electrons. The maximum atomic E-state index is 11.0. The van der Waals surface area contributed by atoms with Crippen LogP contribution < -0.4 is 10.5 Å². The molecule has 0 aliphatic carbocycles. The predicted molar refractivity (Wildman–Crippen MR) is 61.4 cm³/mol. The number of sulfonamides is 1. The van der Waals surface area contributed by atoms with Crippen LogP contribution in [-0.2, 0) is 16.6 Å². The summed E-state index contributed by atoms with van der Waals surface area (Å²) in [6.07, 6.45) is 4.74. The first kappa shape index (κ1) is 13.1. The summed E-state index contributed by atoms with van der Waals surface area (Å²) in [5, 5.41) is 12.2. The molecule has 6 nitrogen and oxygen atoms in total. The zero-order valence-electron chi connectivity index (χ0n) is 9.39. The first-order valence-electron chi connectivity index (χ1n) is 5.30. The average molecular weight is 246 g/mol. The van der Waals surface area contributed by atoms with Crippen LogP contribution in [0, 0.1) is 0 Å². The number of rotatable bonds is 7. The Balaban J connectivity index is 2.36. The molecular weight excluding hydrogens is 228 g/mol. The molecule has 0 fully saturated rings. The topological polar surface area (TPSA) is 90.0 Å². The Bertz CT molecular complexity index is 413. The van der Waals surface area contributed by atoms with E-state index in [0.29, 0.717) is 6.54 Å². The van der Waals surface area contributed by atoms with Gasteiger partial charge in [0, 0.05) is 12.7 Å². The molecule has 16 heavy (non-hydrogen) atoms. The number of primary sulfonamides is 1. The van der Waals surface area contributed by atoms with Crippen LogP contribution in [0.1, 0.15) is 19.8 Å². The number of hydrogen-bond donors (Lipinski definition) is 2. The molecule has 7 heteroatoms. The van der Waals surface area contributed by atoms with Crippen molar-refractivity contribution in [1.29, 1.82) is 0 Å². The van der Waals surface area contributed by atoms with E-state index in [1.807, 2.05) is 0 Å². The summed E-state index contributed by atoms with van der Waals surface area (Å²) in [6, 6.07) is 0. The lowest BCUT2D eigenvalue weighted by atomic mass is 10.4. The lowest BCUT2D eigenvalue weighted by molar-refractivity contribution is 0.541. The zero-order chi connectivity index (χ0) is 12.0.